The third-order valence-corrected chi connectivity index (χ3v) is 6.15. The number of ketones is 1. The van der Waals surface area contributed by atoms with Crippen LogP contribution in [0.15, 0.2) is 33.8 Å². The first-order chi connectivity index (χ1) is 14.1. The molecule has 1 saturated carbocycles. The smallest absolute Gasteiger partial charge is 0.316 e. The number of rotatable bonds is 5. The Labute approximate surface area is 172 Å². The molecule has 0 amide bonds. The predicted molar refractivity (Wildman–Crippen MR) is 107 cm³/mol. The topological polar surface area (TPSA) is 98.0 Å². The van der Waals surface area contributed by atoms with Gasteiger partial charge in [0.1, 0.15) is 10.8 Å². The molecular weight excluding hydrogens is 392 g/mol. The van der Waals surface area contributed by atoms with Crippen LogP contribution in [-0.4, -0.2) is 36.6 Å². The van der Waals surface area contributed by atoms with Gasteiger partial charge in [-0.3, -0.25) is 9.59 Å². The van der Waals surface area contributed by atoms with Crippen molar-refractivity contribution < 1.29 is 23.8 Å². The predicted octanol–water partition coefficient (Wildman–Crippen LogP) is 3.35. The number of thioether (sulfide) groups is 1. The molecule has 0 radical (unpaired) electrons. The zero-order valence-electron chi connectivity index (χ0n) is 16.0. The first-order valence-corrected chi connectivity index (χ1v) is 10.5. The second-order valence-corrected chi connectivity index (χ2v) is 7.88. The number of Topliss-reactive ketones (excluding diaryl/α,β-unsaturated/α-hetero) is 1. The maximum atomic E-state index is 12.8. The third-order valence-electron chi connectivity index (χ3n) is 5.19. The number of ether oxygens (including phenoxy) is 3. The van der Waals surface area contributed by atoms with Crippen molar-refractivity contribution in [2.24, 2.45) is 10.9 Å². The van der Waals surface area contributed by atoms with Crippen LogP contribution in [0.2, 0.25) is 0 Å². The van der Waals surface area contributed by atoms with E-state index in [4.69, 9.17) is 14.2 Å². The van der Waals surface area contributed by atoms with Crippen molar-refractivity contribution in [1.29, 1.82) is 5.26 Å². The molecule has 2 aliphatic heterocycles. The molecule has 0 unspecified atom stereocenters. The van der Waals surface area contributed by atoms with E-state index in [-0.39, 0.29) is 24.3 Å². The van der Waals surface area contributed by atoms with Crippen molar-refractivity contribution in [2.75, 3.05) is 19.2 Å². The molecule has 4 rings (SSSR count). The van der Waals surface area contributed by atoms with Gasteiger partial charge in [-0.1, -0.05) is 17.8 Å². The maximum Gasteiger partial charge on any atom is 0.316 e. The van der Waals surface area contributed by atoms with Crippen LogP contribution >= 0.6 is 11.8 Å². The van der Waals surface area contributed by atoms with E-state index >= 15 is 0 Å². The molecular formula is C21H20N2O5S. The molecule has 150 valence electrons. The van der Waals surface area contributed by atoms with Crippen molar-refractivity contribution >= 4 is 29.2 Å². The van der Waals surface area contributed by atoms with Crippen molar-refractivity contribution in [1.82, 2.24) is 0 Å². The molecule has 8 heteroatoms. The van der Waals surface area contributed by atoms with Crippen LogP contribution in [0.5, 0.6) is 11.5 Å². The van der Waals surface area contributed by atoms with Crippen molar-refractivity contribution in [3.8, 4) is 17.6 Å². The average molecular weight is 412 g/mol. The number of benzene rings is 1. The fraction of sp³-hybridized carbons (Fsp3) is 0.429. The van der Waals surface area contributed by atoms with E-state index < -0.39 is 11.8 Å². The number of carbonyl (C=O) groups excluding carboxylic acids is 2. The lowest BCUT2D eigenvalue weighted by molar-refractivity contribution is -0.139. The summed E-state index contributed by atoms with van der Waals surface area (Å²) >= 11 is 1.19. The highest BCUT2D eigenvalue weighted by atomic mass is 32.2. The Kier molecular flexibility index (Phi) is 5.58. The van der Waals surface area contributed by atoms with Crippen LogP contribution < -0.4 is 9.47 Å². The third kappa shape index (κ3) is 3.75. The summed E-state index contributed by atoms with van der Waals surface area (Å²) in [7, 11) is 0. The lowest BCUT2D eigenvalue weighted by atomic mass is 9.70. The number of esters is 1. The minimum atomic E-state index is -0.453. The van der Waals surface area contributed by atoms with Crippen molar-refractivity contribution in [2.45, 2.75) is 32.1 Å². The molecule has 7 nitrogen and oxygen atoms in total. The van der Waals surface area contributed by atoms with Crippen LogP contribution in [0.25, 0.3) is 0 Å². The molecule has 0 bridgehead atoms. The summed E-state index contributed by atoms with van der Waals surface area (Å²) in [6.07, 6.45) is 1.94. The SMILES string of the molecule is CCOC(=O)CSC1=C(C#N)[C@@H](c2ccc3c(c2)OCO3)[C@H]2C(=O)CCCC2=N1. The fourth-order valence-electron chi connectivity index (χ4n) is 3.96. The zero-order chi connectivity index (χ0) is 20.4. The van der Waals surface area contributed by atoms with E-state index in [1.807, 2.05) is 12.1 Å². The van der Waals surface area contributed by atoms with E-state index in [1.165, 1.54) is 11.8 Å². The van der Waals surface area contributed by atoms with Crippen molar-refractivity contribution in [3.05, 3.63) is 34.4 Å². The average Bonchev–Trinajstić information content (AvgIpc) is 3.19. The number of aliphatic imine (C=N–C) groups is 1. The molecule has 29 heavy (non-hydrogen) atoms. The first kappa shape index (κ1) is 19.5. The molecule has 1 aromatic carbocycles. The molecule has 0 N–H and O–H groups in total. The molecule has 2 atom stereocenters. The Morgan fingerprint density at radius 3 is 2.93 bits per heavy atom. The number of fused-ring (bicyclic) bond motifs is 2. The summed E-state index contributed by atoms with van der Waals surface area (Å²) in [4.78, 5) is 29.3. The quantitative estimate of drug-likeness (QED) is 0.684. The van der Waals surface area contributed by atoms with Gasteiger partial charge in [0.15, 0.2) is 11.5 Å². The van der Waals surface area contributed by atoms with Crippen LogP contribution in [0.3, 0.4) is 0 Å². The Morgan fingerprint density at radius 2 is 2.14 bits per heavy atom. The molecule has 2 heterocycles. The van der Waals surface area contributed by atoms with Crippen LogP contribution in [0, 0.1) is 17.2 Å². The van der Waals surface area contributed by atoms with Crippen LogP contribution in [0.4, 0.5) is 0 Å². The first-order valence-electron chi connectivity index (χ1n) is 9.54. The molecule has 1 aliphatic carbocycles. The van der Waals surface area contributed by atoms with Gasteiger partial charge in [-0.15, -0.1) is 0 Å². The number of hydrogen-bond acceptors (Lipinski definition) is 8. The number of nitrogens with zero attached hydrogens (tertiary/aromatic N) is 2. The van der Waals surface area contributed by atoms with E-state index in [0.717, 1.165) is 17.7 Å². The van der Waals surface area contributed by atoms with Crippen molar-refractivity contribution in [3.63, 3.8) is 0 Å². The molecule has 1 fully saturated rings. The maximum absolute atomic E-state index is 12.8. The zero-order valence-corrected chi connectivity index (χ0v) is 16.8. The van der Waals surface area contributed by atoms with Gasteiger partial charge in [0.2, 0.25) is 6.79 Å². The molecule has 0 saturated heterocycles. The number of allylic oxidation sites excluding steroid dienone is 1. The Hall–Kier alpha value is -2.79. The number of nitriles is 1. The Balaban J connectivity index is 1.75. The summed E-state index contributed by atoms with van der Waals surface area (Å²) in [5.41, 5.74) is 2.00. The number of carbonyl (C=O) groups is 2. The van der Waals surface area contributed by atoms with Crippen LogP contribution in [-0.2, 0) is 14.3 Å². The highest BCUT2D eigenvalue weighted by Gasteiger charge is 2.42. The second-order valence-electron chi connectivity index (χ2n) is 6.92. The van der Waals surface area contributed by atoms with Gasteiger partial charge < -0.3 is 14.2 Å². The van der Waals surface area contributed by atoms with Gasteiger partial charge in [-0.25, -0.2) is 4.99 Å². The Morgan fingerprint density at radius 1 is 1.31 bits per heavy atom. The van der Waals surface area contributed by atoms with Gasteiger partial charge in [0, 0.05) is 18.1 Å². The Bertz CT molecular complexity index is 962. The van der Waals surface area contributed by atoms with E-state index in [0.29, 0.717) is 41.5 Å². The minimum Gasteiger partial charge on any atom is -0.465 e. The highest BCUT2D eigenvalue weighted by molar-refractivity contribution is 8.03. The summed E-state index contributed by atoms with van der Waals surface area (Å²) in [5.74, 6) is 0.159. The molecule has 1 aromatic rings. The van der Waals surface area contributed by atoms with Gasteiger partial charge in [0.05, 0.1) is 29.9 Å². The summed E-state index contributed by atoms with van der Waals surface area (Å²) in [6.45, 7) is 2.20. The van der Waals surface area contributed by atoms with E-state index in [9.17, 15) is 14.9 Å². The van der Waals surface area contributed by atoms with E-state index in [2.05, 4.69) is 11.1 Å². The molecule has 3 aliphatic rings. The van der Waals surface area contributed by atoms with Gasteiger partial charge in [-0.05, 0) is 37.5 Å². The summed E-state index contributed by atoms with van der Waals surface area (Å²) in [5, 5.41) is 10.4. The molecule has 0 aromatic heterocycles. The van der Waals surface area contributed by atoms with Gasteiger partial charge >= 0.3 is 5.97 Å². The second kappa shape index (κ2) is 8.29. The van der Waals surface area contributed by atoms with Crippen LogP contribution in [0.1, 0.15) is 37.7 Å². The minimum absolute atomic E-state index is 0.0671. The summed E-state index contributed by atoms with van der Waals surface area (Å²) in [6, 6.07) is 7.76. The van der Waals surface area contributed by atoms with E-state index in [1.54, 1.807) is 13.0 Å². The standard InChI is InChI=1S/C21H20N2O5S/c1-2-26-18(25)10-29-21-13(9-22)19(20-14(23-21)4-3-5-15(20)24)12-6-7-16-17(8-12)28-11-27-16/h6-8,19-20H,2-5,10-11H2,1H3/t19-,20-/m1/s1. The lowest BCUT2D eigenvalue weighted by Crippen LogP contribution is -2.37. The van der Waals surface area contributed by atoms with Gasteiger partial charge in [0.25, 0.3) is 0 Å². The summed E-state index contributed by atoms with van der Waals surface area (Å²) < 4.78 is 15.9. The fourth-order valence-corrected chi connectivity index (χ4v) is 4.81. The normalized spacial score (nSPS) is 22.6. The largest absolute Gasteiger partial charge is 0.465 e. The number of hydrogen-bond donors (Lipinski definition) is 0. The highest BCUT2D eigenvalue weighted by Crippen LogP contribution is 2.46. The monoisotopic (exact) mass is 412 g/mol. The van der Waals surface area contributed by atoms with Gasteiger partial charge in [-0.2, -0.15) is 5.26 Å². The lowest BCUT2D eigenvalue weighted by Gasteiger charge is -2.34. The molecule has 0 spiro atoms.